The van der Waals surface area contributed by atoms with E-state index in [0.29, 0.717) is 11.6 Å². The van der Waals surface area contributed by atoms with Crippen LogP contribution in [0.2, 0.25) is 0 Å². The Morgan fingerprint density at radius 3 is 2.70 bits per heavy atom. The minimum absolute atomic E-state index is 0.0456. The largest absolute Gasteiger partial charge is 0.382 e. The van der Waals surface area contributed by atoms with E-state index in [-0.39, 0.29) is 10.6 Å². The number of aryl methyl sites for hydroxylation is 1. The van der Waals surface area contributed by atoms with Crippen molar-refractivity contribution in [3.8, 4) is 0 Å². The molecule has 0 saturated carbocycles. The molecule has 0 amide bonds. The van der Waals surface area contributed by atoms with E-state index in [9.17, 15) is 10.1 Å². The summed E-state index contributed by atoms with van der Waals surface area (Å²) in [5, 5.41) is 15.7. The highest BCUT2D eigenvalue weighted by Crippen LogP contribution is 2.31. The molecule has 1 saturated heterocycles. The van der Waals surface area contributed by atoms with E-state index in [1.807, 2.05) is 43.5 Å². The summed E-state index contributed by atoms with van der Waals surface area (Å²) in [5.74, 6) is 1.01. The van der Waals surface area contributed by atoms with Gasteiger partial charge in [-0.05, 0) is 38.0 Å². The number of piperidine rings is 1. The van der Waals surface area contributed by atoms with Crippen LogP contribution in [-0.2, 0) is 0 Å². The van der Waals surface area contributed by atoms with E-state index in [2.05, 4.69) is 20.2 Å². The Balaban J connectivity index is 1.54. The fraction of sp³-hybridized carbons (Fsp3) is 0.300. The van der Waals surface area contributed by atoms with Gasteiger partial charge in [0.05, 0.1) is 4.92 Å². The maximum atomic E-state index is 11.3. The molecule has 138 valence electrons. The molecule has 27 heavy (non-hydrogen) atoms. The van der Waals surface area contributed by atoms with Crippen molar-refractivity contribution in [2.45, 2.75) is 25.8 Å². The first-order valence-electron chi connectivity index (χ1n) is 9.09. The second-order valence-electron chi connectivity index (χ2n) is 6.84. The van der Waals surface area contributed by atoms with Gasteiger partial charge in [-0.15, -0.1) is 0 Å². The van der Waals surface area contributed by atoms with Crippen molar-refractivity contribution < 1.29 is 4.92 Å². The van der Waals surface area contributed by atoms with E-state index in [0.717, 1.165) is 48.5 Å². The van der Waals surface area contributed by atoms with Gasteiger partial charge in [0.15, 0.2) is 5.52 Å². The highest BCUT2D eigenvalue weighted by molar-refractivity contribution is 5.96. The normalized spacial score (nSPS) is 15.1. The Labute approximate surface area is 157 Å². The number of benzene rings is 1. The molecule has 0 bridgehead atoms. The smallest absolute Gasteiger partial charge is 0.295 e. The molecule has 1 aliphatic rings. The maximum absolute atomic E-state index is 11.3. The van der Waals surface area contributed by atoms with Crippen LogP contribution in [0.25, 0.3) is 10.9 Å². The average Bonchev–Trinajstić information content (AvgIpc) is 2.68. The lowest BCUT2D eigenvalue weighted by Crippen LogP contribution is -2.39. The number of nitro groups is 1. The first-order chi connectivity index (χ1) is 13.1. The maximum Gasteiger partial charge on any atom is 0.295 e. The van der Waals surface area contributed by atoms with Gasteiger partial charge in [-0.1, -0.05) is 18.2 Å². The van der Waals surface area contributed by atoms with E-state index in [4.69, 9.17) is 0 Å². The molecule has 3 heterocycles. The van der Waals surface area contributed by atoms with Crippen molar-refractivity contribution in [1.82, 2.24) is 9.97 Å². The first kappa shape index (κ1) is 17.2. The molecule has 1 aromatic carbocycles. The van der Waals surface area contributed by atoms with Crippen LogP contribution >= 0.6 is 0 Å². The molecule has 3 aromatic rings. The molecule has 1 N–H and O–H groups in total. The number of hydrogen-bond donors (Lipinski definition) is 1. The lowest BCUT2D eigenvalue weighted by atomic mass is 10.0. The number of para-hydroxylation sites is 1. The van der Waals surface area contributed by atoms with Crippen molar-refractivity contribution >= 4 is 28.1 Å². The summed E-state index contributed by atoms with van der Waals surface area (Å²) < 4.78 is 0. The lowest BCUT2D eigenvalue weighted by Gasteiger charge is -2.33. The molecule has 0 aliphatic carbocycles. The van der Waals surface area contributed by atoms with Crippen LogP contribution in [0.1, 0.15) is 18.5 Å². The van der Waals surface area contributed by atoms with Crippen molar-refractivity contribution in [3.05, 3.63) is 64.5 Å². The van der Waals surface area contributed by atoms with Crippen LogP contribution in [0.4, 0.5) is 17.2 Å². The van der Waals surface area contributed by atoms with Crippen molar-refractivity contribution in [1.29, 1.82) is 0 Å². The summed E-state index contributed by atoms with van der Waals surface area (Å²) >= 11 is 0. The highest BCUT2D eigenvalue weighted by atomic mass is 16.6. The zero-order chi connectivity index (χ0) is 18.8. The summed E-state index contributed by atoms with van der Waals surface area (Å²) in [6.07, 6.45) is 3.78. The Kier molecular flexibility index (Phi) is 4.58. The Morgan fingerprint density at radius 1 is 1.19 bits per heavy atom. The molecule has 7 heteroatoms. The molecule has 0 unspecified atom stereocenters. The third-order valence-corrected chi connectivity index (χ3v) is 4.97. The van der Waals surface area contributed by atoms with Crippen molar-refractivity contribution in [3.63, 3.8) is 0 Å². The summed E-state index contributed by atoms with van der Waals surface area (Å²) in [5.41, 5.74) is 2.17. The van der Waals surface area contributed by atoms with Crippen LogP contribution in [0.3, 0.4) is 0 Å². The second kappa shape index (κ2) is 7.19. The standard InChI is InChI=1S/C20H21N5O2/c1-14-13-17(16-5-4-6-18(25(26)27)20(16)22-14)23-15-8-11-24(12-9-15)19-7-2-3-10-21-19/h2-7,10,13,15H,8-9,11-12H2,1H3,(H,22,23). The van der Waals surface area contributed by atoms with Crippen molar-refractivity contribution in [2.75, 3.05) is 23.3 Å². The van der Waals surface area contributed by atoms with Crippen LogP contribution in [-0.4, -0.2) is 34.0 Å². The third-order valence-electron chi connectivity index (χ3n) is 4.97. The molecule has 0 radical (unpaired) electrons. The SMILES string of the molecule is Cc1cc(NC2CCN(c3ccccn3)CC2)c2cccc([N+](=O)[O-])c2n1. The molecule has 4 rings (SSSR count). The molecule has 0 atom stereocenters. The van der Waals surface area contributed by atoms with E-state index >= 15 is 0 Å². The predicted octanol–water partition coefficient (Wildman–Crippen LogP) is 3.93. The fourth-order valence-electron chi connectivity index (χ4n) is 3.64. The van der Waals surface area contributed by atoms with Crippen LogP contribution < -0.4 is 10.2 Å². The van der Waals surface area contributed by atoms with Gasteiger partial charge in [-0.25, -0.2) is 9.97 Å². The Hall–Kier alpha value is -3.22. The molecule has 1 fully saturated rings. The van der Waals surface area contributed by atoms with Gasteiger partial charge < -0.3 is 10.2 Å². The number of pyridine rings is 2. The van der Waals surface area contributed by atoms with E-state index < -0.39 is 0 Å². The number of anilines is 2. The summed E-state index contributed by atoms with van der Waals surface area (Å²) in [6.45, 7) is 3.72. The Morgan fingerprint density at radius 2 is 2.00 bits per heavy atom. The molecular formula is C20H21N5O2. The summed E-state index contributed by atoms with van der Waals surface area (Å²) in [4.78, 5) is 22.1. The van der Waals surface area contributed by atoms with Gasteiger partial charge in [0.1, 0.15) is 5.82 Å². The molecule has 0 spiro atoms. The monoisotopic (exact) mass is 363 g/mol. The van der Waals surface area contributed by atoms with Gasteiger partial charge in [0.25, 0.3) is 5.69 Å². The molecule has 1 aliphatic heterocycles. The van der Waals surface area contributed by atoms with Crippen molar-refractivity contribution in [2.24, 2.45) is 0 Å². The number of hydrogen-bond acceptors (Lipinski definition) is 6. The van der Waals surface area contributed by atoms with Gasteiger partial charge in [-0.2, -0.15) is 0 Å². The number of rotatable bonds is 4. The topological polar surface area (TPSA) is 84.2 Å². The van der Waals surface area contributed by atoms with E-state index in [1.165, 1.54) is 6.07 Å². The van der Waals surface area contributed by atoms with Gasteiger partial charge in [-0.3, -0.25) is 10.1 Å². The number of non-ortho nitro benzene ring substituents is 1. The first-order valence-corrected chi connectivity index (χ1v) is 9.09. The number of nitrogens with zero attached hydrogens (tertiary/aromatic N) is 4. The molecule has 7 nitrogen and oxygen atoms in total. The summed E-state index contributed by atoms with van der Waals surface area (Å²) in [6, 6.07) is 13.4. The minimum Gasteiger partial charge on any atom is -0.382 e. The number of fused-ring (bicyclic) bond motifs is 1. The van der Waals surface area contributed by atoms with E-state index in [1.54, 1.807) is 6.07 Å². The van der Waals surface area contributed by atoms with Crippen LogP contribution in [0.5, 0.6) is 0 Å². The second-order valence-corrected chi connectivity index (χ2v) is 6.84. The van der Waals surface area contributed by atoms with Gasteiger partial charge >= 0.3 is 0 Å². The lowest BCUT2D eigenvalue weighted by molar-refractivity contribution is -0.383. The fourth-order valence-corrected chi connectivity index (χ4v) is 3.64. The molecular weight excluding hydrogens is 342 g/mol. The average molecular weight is 363 g/mol. The Bertz CT molecular complexity index is 969. The number of nitrogens with one attached hydrogen (secondary N) is 1. The minimum atomic E-state index is -0.371. The zero-order valence-corrected chi connectivity index (χ0v) is 15.1. The highest BCUT2D eigenvalue weighted by Gasteiger charge is 2.22. The quantitative estimate of drug-likeness (QED) is 0.558. The third kappa shape index (κ3) is 3.53. The zero-order valence-electron chi connectivity index (χ0n) is 15.1. The number of nitro benzene ring substituents is 1. The number of aromatic nitrogens is 2. The summed E-state index contributed by atoms with van der Waals surface area (Å²) in [7, 11) is 0. The van der Waals surface area contributed by atoms with Crippen LogP contribution in [0, 0.1) is 17.0 Å². The van der Waals surface area contributed by atoms with Gasteiger partial charge in [0, 0.05) is 48.2 Å². The molecule has 2 aromatic heterocycles. The van der Waals surface area contributed by atoms with Gasteiger partial charge in [0.2, 0.25) is 0 Å². The predicted molar refractivity (Wildman–Crippen MR) is 106 cm³/mol. The van der Waals surface area contributed by atoms with Crippen LogP contribution in [0.15, 0.2) is 48.7 Å².